The van der Waals surface area contributed by atoms with Crippen LogP contribution in [0, 0.1) is 0 Å². The highest BCUT2D eigenvalue weighted by Crippen LogP contribution is 1.86. The normalized spacial score (nSPS) is 9.57. The number of nitrogens with one attached hydrogen (secondary N) is 2. The Balaban J connectivity index is 4.11. The molecule has 0 spiro atoms. The molecule has 4 amide bonds. The molecule has 0 aliphatic carbocycles. The van der Waals surface area contributed by atoms with E-state index in [4.69, 9.17) is 0 Å². The van der Waals surface area contributed by atoms with Crippen molar-refractivity contribution in [2.45, 2.75) is 6.92 Å². The third kappa shape index (κ3) is 9.06. The fraction of sp³-hybridized carbons (Fsp3) is 0.615. The van der Waals surface area contributed by atoms with Crippen LogP contribution in [0.25, 0.3) is 0 Å². The van der Waals surface area contributed by atoms with Crippen LogP contribution in [0.5, 0.6) is 0 Å². The first kappa shape index (κ1) is 20.3. The number of esters is 1. The van der Waals surface area contributed by atoms with Gasteiger partial charge >= 0.3 is 5.97 Å². The van der Waals surface area contributed by atoms with Gasteiger partial charge in [-0.25, -0.2) is 0 Å². The van der Waals surface area contributed by atoms with Crippen LogP contribution in [0.3, 0.4) is 0 Å². The van der Waals surface area contributed by atoms with E-state index in [2.05, 4.69) is 15.4 Å². The average Bonchev–Trinajstić information content (AvgIpc) is 2.49. The van der Waals surface area contributed by atoms with E-state index < -0.39 is 23.7 Å². The first-order chi connectivity index (χ1) is 10.7. The van der Waals surface area contributed by atoms with Gasteiger partial charge in [-0.3, -0.25) is 24.0 Å². The molecule has 0 rings (SSSR count). The molecule has 0 aromatic heterocycles. The number of ether oxygens (including phenoxy) is 1. The zero-order chi connectivity index (χ0) is 18.0. The van der Waals surface area contributed by atoms with Crippen molar-refractivity contribution in [3.8, 4) is 0 Å². The molecule has 10 heteroatoms. The molecule has 0 aliphatic heterocycles. The van der Waals surface area contributed by atoms with Gasteiger partial charge in [0.05, 0.1) is 26.7 Å². The minimum atomic E-state index is -0.603. The van der Waals surface area contributed by atoms with Crippen LogP contribution in [0.1, 0.15) is 6.92 Å². The van der Waals surface area contributed by atoms with Gasteiger partial charge in [0, 0.05) is 21.0 Å². The van der Waals surface area contributed by atoms with Crippen molar-refractivity contribution in [2.75, 3.05) is 47.4 Å². The number of methoxy groups -OCH3 is 1. The number of carbonyl (C=O) groups excluding carboxylic acids is 5. The maximum absolute atomic E-state index is 11.8. The zero-order valence-corrected chi connectivity index (χ0v) is 13.7. The number of hydrogen-bond donors (Lipinski definition) is 2. The van der Waals surface area contributed by atoms with E-state index in [9.17, 15) is 24.0 Å². The van der Waals surface area contributed by atoms with E-state index in [1.54, 1.807) is 0 Å². The van der Waals surface area contributed by atoms with Crippen LogP contribution < -0.4 is 10.6 Å². The van der Waals surface area contributed by atoms with Crippen molar-refractivity contribution in [3.05, 3.63) is 0 Å². The topological polar surface area (TPSA) is 125 Å². The van der Waals surface area contributed by atoms with Gasteiger partial charge in [-0.15, -0.1) is 0 Å². The Labute approximate surface area is 134 Å². The predicted molar refractivity (Wildman–Crippen MR) is 79.0 cm³/mol. The lowest BCUT2D eigenvalue weighted by Gasteiger charge is -2.18. The van der Waals surface area contributed by atoms with Gasteiger partial charge in [-0.05, 0) is 0 Å². The molecular formula is C13H22N4O6. The van der Waals surface area contributed by atoms with Crippen LogP contribution in [0.15, 0.2) is 0 Å². The van der Waals surface area contributed by atoms with Crippen LogP contribution in [0.4, 0.5) is 0 Å². The van der Waals surface area contributed by atoms with Crippen molar-refractivity contribution in [3.63, 3.8) is 0 Å². The summed E-state index contributed by atoms with van der Waals surface area (Å²) in [7, 11) is 4.03. The van der Waals surface area contributed by atoms with Crippen LogP contribution >= 0.6 is 0 Å². The smallest absolute Gasteiger partial charge is 0.325 e. The maximum Gasteiger partial charge on any atom is 0.325 e. The summed E-state index contributed by atoms with van der Waals surface area (Å²) in [6, 6.07) is 0. The Morgan fingerprint density at radius 1 is 0.870 bits per heavy atom. The molecule has 0 aromatic rings. The lowest BCUT2D eigenvalue weighted by atomic mass is 10.4. The molecule has 10 nitrogen and oxygen atoms in total. The molecule has 0 saturated heterocycles. The number of carbonyl (C=O) groups is 5. The minimum absolute atomic E-state index is 0.161. The van der Waals surface area contributed by atoms with Crippen molar-refractivity contribution in [1.82, 2.24) is 20.4 Å². The first-order valence-corrected chi connectivity index (χ1v) is 6.73. The highest BCUT2D eigenvalue weighted by atomic mass is 16.5. The number of likely N-dealkylation sites (N-methyl/N-ethyl adjacent to an activating group) is 2. The minimum Gasteiger partial charge on any atom is -0.468 e. The third-order valence-electron chi connectivity index (χ3n) is 2.82. The molecule has 0 atom stereocenters. The average molecular weight is 330 g/mol. The van der Waals surface area contributed by atoms with Gasteiger partial charge in [-0.2, -0.15) is 0 Å². The van der Waals surface area contributed by atoms with Gasteiger partial charge in [0.2, 0.25) is 23.6 Å². The van der Waals surface area contributed by atoms with E-state index in [0.717, 1.165) is 4.90 Å². The molecule has 0 bridgehead atoms. The molecular weight excluding hydrogens is 308 g/mol. The van der Waals surface area contributed by atoms with Gasteiger partial charge in [0.25, 0.3) is 0 Å². The molecule has 130 valence electrons. The van der Waals surface area contributed by atoms with E-state index in [0.29, 0.717) is 0 Å². The summed E-state index contributed by atoms with van der Waals surface area (Å²) in [6.45, 7) is 0.307. The lowest BCUT2D eigenvalue weighted by molar-refractivity contribution is -0.141. The van der Waals surface area contributed by atoms with Crippen molar-refractivity contribution in [1.29, 1.82) is 0 Å². The van der Waals surface area contributed by atoms with E-state index >= 15 is 0 Å². The molecule has 0 aliphatic rings. The largest absolute Gasteiger partial charge is 0.468 e. The van der Waals surface area contributed by atoms with E-state index in [1.807, 2.05) is 0 Å². The number of hydrogen-bond acceptors (Lipinski definition) is 6. The predicted octanol–water partition coefficient (Wildman–Crippen LogP) is -2.67. The van der Waals surface area contributed by atoms with Gasteiger partial charge in [0.1, 0.15) is 6.54 Å². The molecule has 2 N–H and O–H groups in total. The monoisotopic (exact) mass is 330 g/mol. The van der Waals surface area contributed by atoms with Crippen LogP contribution in [0.2, 0.25) is 0 Å². The Kier molecular flexibility index (Phi) is 8.97. The number of amides is 4. The Morgan fingerprint density at radius 3 is 1.83 bits per heavy atom. The van der Waals surface area contributed by atoms with Crippen molar-refractivity contribution >= 4 is 29.6 Å². The first-order valence-electron chi connectivity index (χ1n) is 6.73. The molecule has 0 heterocycles. The Hall–Kier alpha value is -2.65. The molecule has 0 saturated carbocycles. The van der Waals surface area contributed by atoms with Crippen LogP contribution in [-0.4, -0.2) is 86.8 Å². The van der Waals surface area contributed by atoms with Gasteiger partial charge in [-0.1, -0.05) is 0 Å². The molecule has 0 aromatic carbocycles. The second-order valence-electron chi connectivity index (χ2n) is 4.75. The zero-order valence-electron chi connectivity index (χ0n) is 13.7. The third-order valence-corrected chi connectivity index (χ3v) is 2.82. The number of nitrogens with zero attached hydrogens (tertiary/aromatic N) is 2. The van der Waals surface area contributed by atoms with Crippen LogP contribution in [-0.2, 0) is 28.7 Å². The standard InChI is InChI=1S/C13H22N4O6/c1-9(18)16(2)7-10(19)14-5-12(21)17(3)8-11(20)15-6-13(22)23-4/h5-8H2,1-4H3,(H,14,19)(H,15,20). The summed E-state index contributed by atoms with van der Waals surface area (Å²) < 4.78 is 4.36. The molecule has 0 unspecified atom stereocenters. The quantitative estimate of drug-likeness (QED) is 0.468. The molecule has 0 radical (unpaired) electrons. The van der Waals surface area contributed by atoms with Gasteiger partial charge in [0.15, 0.2) is 0 Å². The summed E-state index contributed by atoms with van der Waals surface area (Å²) in [5.41, 5.74) is 0. The summed E-state index contributed by atoms with van der Waals surface area (Å²) >= 11 is 0. The highest BCUT2D eigenvalue weighted by Gasteiger charge is 2.15. The maximum atomic E-state index is 11.8. The Morgan fingerprint density at radius 2 is 1.35 bits per heavy atom. The SMILES string of the molecule is COC(=O)CNC(=O)CN(C)C(=O)CNC(=O)CN(C)C(C)=O. The fourth-order valence-electron chi connectivity index (χ4n) is 1.29. The highest BCUT2D eigenvalue weighted by molar-refractivity contribution is 5.90. The second kappa shape index (κ2) is 10.1. The number of rotatable bonds is 8. The molecule has 0 fully saturated rings. The second-order valence-corrected chi connectivity index (χ2v) is 4.75. The van der Waals surface area contributed by atoms with Crippen molar-refractivity contribution in [2.24, 2.45) is 0 Å². The fourth-order valence-corrected chi connectivity index (χ4v) is 1.29. The lowest BCUT2D eigenvalue weighted by Crippen LogP contribution is -2.45. The molecule has 23 heavy (non-hydrogen) atoms. The van der Waals surface area contributed by atoms with E-state index in [-0.39, 0.29) is 32.1 Å². The summed E-state index contributed by atoms with van der Waals surface area (Å²) in [5.74, 6) is -2.38. The summed E-state index contributed by atoms with van der Waals surface area (Å²) in [4.78, 5) is 58.9. The Bertz CT molecular complexity index is 479. The summed E-state index contributed by atoms with van der Waals surface area (Å²) in [5, 5.41) is 4.64. The van der Waals surface area contributed by atoms with E-state index in [1.165, 1.54) is 33.0 Å². The van der Waals surface area contributed by atoms with Crippen molar-refractivity contribution < 1.29 is 28.7 Å². The summed E-state index contributed by atoms with van der Waals surface area (Å²) in [6.07, 6.45) is 0. The van der Waals surface area contributed by atoms with Gasteiger partial charge < -0.3 is 25.2 Å².